The number of fused-ring (bicyclic) bond motifs is 3. The second kappa shape index (κ2) is 2.03. The van der Waals surface area contributed by atoms with Crippen LogP contribution in [-0.2, 0) is 6.54 Å². The van der Waals surface area contributed by atoms with Crippen molar-refractivity contribution in [3.8, 4) is 0 Å². The highest BCUT2D eigenvalue weighted by atomic mass is 15.2. The summed E-state index contributed by atoms with van der Waals surface area (Å²) < 4.78 is 2.33. The summed E-state index contributed by atoms with van der Waals surface area (Å²) in [6, 6.07) is 10.7. The first-order chi connectivity index (χ1) is 5.95. The van der Waals surface area contributed by atoms with Crippen LogP contribution in [0.4, 0.5) is 5.82 Å². The van der Waals surface area contributed by atoms with Crippen molar-refractivity contribution < 1.29 is 0 Å². The molecule has 0 atom stereocenters. The Labute approximate surface area is 70.8 Å². The summed E-state index contributed by atoms with van der Waals surface area (Å²) in [5, 5.41) is 4.69. The molecule has 2 heteroatoms. The molecule has 0 saturated carbocycles. The molecule has 0 fully saturated rings. The molecular weight excluding hydrogens is 148 g/mol. The Morgan fingerprint density at radius 2 is 2.17 bits per heavy atom. The minimum Gasteiger partial charge on any atom is -0.370 e. The number of nitrogens with zero attached hydrogens (tertiary/aromatic N) is 1. The molecule has 2 nitrogen and oxygen atoms in total. The molecule has 3 rings (SSSR count). The maximum atomic E-state index is 3.35. The smallest absolute Gasteiger partial charge is 0.107 e. The van der Waals surface area contributed by atoms with E-state index in [1.807, 2.05) is 0 Å². The first kappa shape index (κ1) is 6.12. The molecule has 0 saturated heterocycles. The Kier molecular flexibility index (Phi) is 1.04. The van der Waals surface area contributed by atoms with E-state index in [0.29, 0.717) is 0 Å². The van der Waals surface area contributed by atoms with Crippen molar-refractivity contribution in [1.82, 2.24) is 4.57 Å². The van der Waals surface area contributed by atoms with Crippen LogP contribution in [0.3, 0.4) is 0 Å². The fourth-order valence-electron chi connectivity index (χ4n) is 1.89. The normalized spacial score (nSPS) is 14.7. The zero-order valence-corrected chi connectivity index (χ0v) is 6.75. The first-order valence-electron chi connectivity index (χ1n) is 4.27. The lowest BCUT2D eigenvalue weighted by Crippen LogP contribution is -1.93. The minimum absolute atomic E-state index is 1.07. The van der Waals surface area contributed by atoms with Gasteiger partial charge in [0, 0.05) is 24.0 Å². The van der Waals surface area contributed by atoms with Gasteiger partial charge in [-0.2, -0.15) is 0 Å². The van der Waals surface area contributed by atoms with E-state index in [4.69, 9.17) is 0 Å². The number of hydrogen-bond donors (Lipinski definition) is 1. The molecule has 0 amide bonds. The van der Waals surface area contributed by atoms with Crippen LogP contribution >= 0.6 is 0 Å². The third kappa shape index (κ3) is 0.644. The first-order valence-corrected chi connectivity index (χ1v) is 4.27. The molecule has 0 radical (unpaired) electrons. The van der Waals surface area contributed by atoms with Gasteiger partial charge in [0.2, 0.25) is 0 Å². The highest BCUT2D eigenvalue weighted by Gasteiger charge is 2.11. The van der Waals surface area contributed by atoms with Crippen molar-refractivity contribution in [3.05, 3.63) is 30.3 Å². The monoisotopic (exact) mass is 158 g/mol. The summed E-state index contributed by atoms with van der Waals surface area (Å²) in [6.07, 6.45) is 0. The van der Waals surface area contributed by atoms with Crippen molar-refractivity contribution in [2.75, 3.05) is 11.9 Å². The van der Waals surface area contributed by atoms with Gasteiger partial charge < -0.3 is 9.88 Å². The van der Waals surface area contributed by atoms with Gasteiger partial charge in [0.05, 0.1) is 0 Å². The van der Waals surface area contributed by atoms with Crippen LogP contribution in [-0.4, -0.2) is 11.1 Å². The molecule has 0 aliphatic carbocycles. The lowest BCUT2D eigenvalue weighted by Gasteiger charge is -1.96. The van der Waals surface area contributed by atoms with E-state index in [1.54, 1.807) is 0 Å². The number of aromatic nitrogens is 1. The predicted octanol–water partition coefficient (Wildman–Crippen LogP) is 2.07. The summed E-state index contributed by atoms with van der Waals surface area (Å²) in [7, 11) is 0. The Morgan fingerprint density at radius 1 is 1.25 bits per heavy atom. The van der Waals surface area contributed by atoms with E-state index >= 15 is 0 Å². The largest absolute Gasteiger partial charge is 0.370 e. The molecule has 0 spiro atoms. The lowest BCUT2D eigenvalue weighted by molar-refractivity contribution is 0.840. The van der Waals surface area contributed by atoms with Crippen LogP contribution < -0.4 is 5.32 Å². The van der Waals surface area contributed by atoms with Crippen molar-refractivity contribution in [1.29, 1.82) is 0 Å². The van der Waals surface area contributed by atoms with Crippen LogP contribution in [0.2, 0.25) is 0 Å². The second-order valence-corrected chi connectivity index (χ2v) is 3.17. The topological polar surface area (TPSA) is 17.0 Å². The van der Waals surface area contributed by atoms with E-state index < -0.39 is 0 Å². The van der Waals surface area contributed by atoms with Gasteiger partial charge in [-0.05, 0) is 12.1 Å². The van der Waals surface area contributed by atoms with Crippen LogP contribution in [0.15, 0.2) is 30.3 Å². The number of benzene rings is 1. The molecule has 1 aromatic heterocycles. The lowest BCUT2D eigenvalue weighted by atomic mass is 10.2. The van der Waals surface area contributed by atoms with Gasteiger partial charge in [0.25, 0.3) is 0 Å². The van der Waals surface area contributed by atoms with Crippen LogP contribution in [0.1, 0.15) is 0 Å². The van der Waals surface area contributed by atoms with E-state index in [2.05, 4.69) is 40.2 Å². The highest BCUT2D eigenvalue weighted by Crippen LogP contribution is 2.25. The van der Waals surface area contributed by atoms with E-state index in [0.717, 1.165) is 13.1 Å². The molecule has 60 valence electrons. The van der Waals surface area contributed by atoms with E-state index in [-0.39, 0.29) is 0 Å². The predicted molar refractivity (Wildman–Crippen MR) is 50.4 cm³/mol. The summed E-state index contributed by atoms with van der Waals surface area (Å²) in [4.78, 5) is 0. The third-order valence-corrected chi connectivity index (χ3v) is 2.45. The third-order valence-electron chi connectivity index (χ3n) is 2.45. The molecular formula is C10H10N2. The molecule has 2 aromatic rings. The van der Waals surface area contributed by atoms with Gasteiger partial charge in [0.1, 0.15) is 5.82 Å². The fourth-order valence-corrected chi connectivity index (χ4v) is 1.89. The van der Waals surface area contributed by atoms with Gasteiger partial charge in [-0.3, -0.25) is 0 Å². The molecule has 2 heterocycles. The molecule has 1 aliphatic rings. The summed E-state index contributed by atoms with van der Waals surface area (Å²) >= 11 is 0. The van der Waals surface area contributed by atoms with Crippen molar-refractivity contribution in [2.24, 2.45) is 0 Å². The van der Waals surface area contributed by atoms with Gasteiger partial charge in [-0.15, -0.1) is 0 Å². The number of nitrogens with one attached hydrogen (secondary N) is 1. The maximum Gasteiger partial charge on any atom is 0.107 e. The van der Waals surface area contributed by atoms with Gasteiger partial charge in [-0.1, -0.05) is 18.2 Å². The number of anilines is 1. The number of para-hydroxylation sites is 1. The average Bonchev–Trinajstić information content (AvgIpc) is 2.62. The molecule has 1 N–H and O–H groups in total. The molecule has 12 heavy (non-hydrogen) atoms. The molecule has 1 aliphatic heterocycles. The fraction of sp³-hybridized carbons (Fsp3) is 0.200. The van der Waals surface area contributed by atoms with Crippen molar-refractivity contribution in [3.63, 3.8) is 0 Å². The highest BCUT2D eigenvalue weighted by molar-refractivity contribution is 5.85. The zero-order valence-electron chi connectivity index (χ0n) is 6.75. The quantitative estimate of drug-likeness (QED) is 0.621. The second-order valence-electron chi connectivity index (χ2n) is 3.17. The van der Waals surface area contributed by atoms with E-state index in [1.165, 1.54) is 16.7 Å². The van der Waals surface area contributed by atoms with Crippen molar-refractivity contribution >= 4 is 16.7 Å². The number of rotatable bonds is 0. The summed E-state index contributed by atoms with van der Waals surface area (Å²) in [5.74, 6) is 1.26. The maximum absolute atomic E-state index is 3.35. The Hall–Kier alpha value is -1.44. The molecule has 0 bridgehead atoms. The summed E-state index contributed by atoms with van der Waals surface area (Å²) in [5.41, 5.74) is 1.34. The molecule has 0 unspecified atom stereocenters. The van der Waals surface area contributed by atoms with Gasteiger partial charge in [-0.25, -0.2) is 0 Å². The summed E-state index contributed by atoms with van der Waals surface area (Å²) in [6.45, 7) is 2.17. The van der Waals surface area contributed by atoms with Gasteiger partial charge >= 0.3 is 0 Å². The standard InChI is InChI=1S/C10H10N2/c1-2-4-9-8(3-1)7-10-11-5-6-12(9)10/h1-4,7,11H,5-6H2. The number of hydrogen-bond acceptors (Lipinski definition) is 1. The Morgan fingerprint density at radius 3 is 3.17 bits per heavy atom. The SMILES string of the molecule is c1ccc2c(c1)cc1n2CCN1. The minimum atomic E-state index is 1.07. The zero-order chi connectivity index (χ0) is 7.97. The van der Waals surface area contributed by atoms with Gasteiger partial charge in [0.15, 0.2) is 0 Å². The molecule has 1 aromatic carbocycles. The van der Waals surface area contributed by atoms with Crippen LogP contribution in [0.25, 0.3) is 10.9 Å². The van der Waals surface area contributed by atoms with E-state index in [9.17, 15) is 0 Å². The Balaban J connectivity index is 2.44. The van der Waals surface area contributed by atoms with Crippen LogP contribution in [0.5, 0.6) is 0 Å². The van der Waals surface area contributed by atoms with Crippen LogP contribution in [0, 0.1) is 0 Å². The Bertz CT molecular complexity index is 428. The average molecular weight is 158 g/mol. The van der Waals surface area contributed by atoms with Crippen molar-refractivity contribution in [2.45, 2.75) is 6.54 Å².